The van der Waals surface area contributed by atoms with Gasteiger partial charge in [-0.3, -0.25) is 0 Å². The first-order chi connectivity index (χ1) is 8.16. The maximum Gasteiger partial charge on any atom is 0.154 e. The summed E-state index contributed by atoms with van der Waals surface area (Å²) in [4.78, 5) is 0. The van der Waals surface area contributed by atoms with Crippen LogP contribution in [-0.4, -0.2) is 20.1 Å². The third kappa shape index (κ3) is 4.76. The molecule has 1 aromatic rings. The molecule has 4 nitrogen and oxygen atoms in total. The summed E-state index contributed by atoms with van der Waals surface area (Å²) in [6, 6.07) is 0. The number of aryl methyl sites for hydroxylation is 1. The Morgan fingerprint density at radius 2 is 1.88 bits per heavy atom. The van der Waals surface area contributed by atoms with Crippen LogP contribution in [0.4, 0.5) is 0 Å². The van der Waals surface area contributed by atoms with Crippen LogP contribution in [0.5, 0.6) is 0 Å². The van der Waals surface area contributed by atoms with Gasteiger partial charge in [0.15, 0.2) is 4.60 Å². The van der Waals surface area contributed by atoms with Crippen molar-refractivity contribution in [2.75, 3.05) is 0 Å². The zero-order chi connectivity index (χ0) is 12.7. The Bertz CT molecular complexity index is 308. The number of rotatable bonds is 8. The first-order valence-corrected chi connectivity index (χ1v) is 7.19. The second-order valence-corrected chi connectivity index (χ2v) is 5.21. The predicted octanol–water partition coefficient (Wildman–Crippen LogP) is 3.36. The van der Waals surface area contributed by atoms with E-state index < -0.39 is 6.10 Å². The lowest BCUT2D eigenvalue weighted by Crippen LogP contribution is -2.05. The van der Waals surface area contributed by atoms with Crippen LogP contribution in [0.2, 0.25) is 0 Å². The molecule has 0 radical (unpaired) electrons. The van der Waals surface area contributed by atoms with Gasteiger partial charge in [-0.05, 0) is 22.4 Å². The molecule has 0 spiro atoms. The largest absolute Gasteiger partial charge is 0.387 e. The Morgan fingerprint density at radius 3 is 2.47 bits per heavy atom. The van der Waals surface area contributed by atoms with Crippen molar-refractivity contribution in [3.05, 3.63) is 10.3 Å². The van der Waals surface area contributed by atoms with Gasteiger partial charge < -0.3 is 5.11 Å². The quantitative estimate of drug-likeness (QED) is 0.749. The lowest BCUT2D eigenvalue weighted by Gasteiger charge is -2.10. The van der Waals surface area contributed by atoms with Crippen molar-refractivity contribution in [2.24, 2.45) is 7.05 Å². The van der Waals surface area contributed by atoms with Crippen molar-refractivity contribution in [3.63, 3.8) is 0 Å². The lowest BCUT2D eigenvalue weighted by molar-refractivity contribution is 0.153. The lowest BCUT2D eigenvalue weighted by atomic mass is 10.1. The number of halogens is 1. The van der Waals surface area contributed by atoms with Gasteiger partial charge in [0.25, 0.3) is 0 Å². The molecule has 0 aliphatic rings. The van der Waals surface area contributed by atoms with E-state index in [4.69, 9.17) is 0 Å². The fourth-order valence-corrected chi connectivity index (χ4v) is 2.54. The molecule has 17 heavy (non-hydrogen) atoms. The summed E-state index contributed by atoms with van der Waals surface area (Å²) in [7, 11) is 1.80. The second-order valence-electron chi connectivity index (χ2n) is 4.46. The van der Waals surface area contributed by atoms with Gasteiger partial charge in [-0.25, -0.2) is 4.68 Å². The highest BCUT2D eigenvalue weighted by atomic mass is 79.9. The molecule has 0 bridgehead atoms. The first-order valence-electron chi connectivity index (χ1n) is 6.40. The monoisotopic (exact) mass is 303 g/mol. The number of unbranched alkanes of at least 4 members (excludes halogenated alkanes) is 5. The van der Waals surface area contributed by atoms with E-state index in [9.17, 15) is 5.11 Å². The molecule has 98 valence electrons. The topological polar surface area (TPSA) is 50.9 Å². The van der Waals surface area contributed by atoms with Gasteiger partial charge in [0.2, 0.25) is 0 Å². The van der Waals surface area contributed by atoms with Crippen LogP contribution in [-0.2, 0) is 7.05 Å². The summed E-state index contributed by atoms with van der Waals surface area (Å²) >= 11 is 3.31. The van der Waals surface area contributed by atoms with Crippen LogP contribution in [0, 0.1) is 0 Å². The average molecular weight is 304 g/mol. The Kier molecular flexibility index (Phi) is 6.73. The van der Waals surface area contributed by atoms with E-state index in [1.165, 1.54) is 32.1 Å². The summed E-state index contributed by atoms with van der Waals surface area (Å²) in [6.07, 6.45) is 7.75. The Labute approximate surface area is 112 Å². The average Bonchev–Trinajstić information content (AvgIpc) is 2.63. The number of aliphatic hydroxyl groups is 1. The van der Waals surface area contributed by atoms with E-state index in [2.05, 4.69) is 33.2 Å². The van der Waals surface area contributed by atoms with Crippen LogP contribution in [0.3, 0.4) is 0 Å². The SMILES string of the molecule is CCCCCCCCC(O)c1c(Br)nnn1C. The van der Waals surface area contributed by atoms with Crippen LogP contribution in [0.1, 0.15) is 63.7 Å². The summed E-state index contributed by atoms with van der Waals surface area (Å²) in [6.45, 7) is 2.22. The van der Waals surface area contributed by atoms with Gasteiger partial charge in [-0.1, -0.05) is 50.7 Å². The predicted molar refractivity (Wildman–Crippen MR) is 71.7 cm³/mol. The standard InChI is InChI=1S/C12H22BrN3O/c1-3-4-5-6-7-8-9-10(17)11-12(13)14-15-16(11)2/h10,17H,3-9H2,1-2H3. The smallest absolute Gasteiger partial charge is 0.154 e. The van der Waals surface area contributed by atoms with Crippen LogP contribution < -0.4 is 0 Å². The zero-order valence-electron chi connectivity index (χ0n) is 10.7. The molecular weight excluding hydrogens is 282 g/mol. The van der Waals surface area contributed by atoms with Crippen molar-refractivity contribution < 1.29 is 5.11 Å². The fourth-order valence-electron chi connectivity index (χ4n) is 1.95. The molecule has 0 fully saturated rings. The first kappa shape index (κ1) is 14.6. The molecule has 0 aliphatic heterocycles. The van der Waals surface area contributed by atoms with Gasteiger partial charge in [0.1, 0.15) is 5.69 Å². The second kappa shape index (κ2) is 7.82. The van der Waals surface area contributed by atoms with Crippen molar-refractivity contribution in [1.29, 1.82) is 0 Å². The van der Waals surface area contributed by atoms with E-state index in [-0.39, 0.29) is 0 Å². The zero-order valence-corrected chi connectivity index (χ0v) is 12.3. The van der Waals surface area contributed by atoms with Gasteiger partial charge in [0.05, 0.1) is 6.10 Å². The fraction of sp³-hybridized carbons (Fsp3) is 0.833. The molecule has 0 aromatic carbocycles. The molecule has 0 saturated heterocycles. The van der Waals surface area contributed by atoms with Crippen molar-refractivity contribution in [2.45, 2.75) is 58.0 Å². The Morgan fingerprint density at radius 1 is 1.24 bits per heavy atom. The molecule has 0 aliphatic carbocycles. The van der Waals surface area contributed by atoms with Gasteiger partial charge in [0, 0.05) is 7.05 Å². The molecule has 1 N–H and O–H groups in total. The van der Waals surface area contributed by atoms with Crippen LogP contribution in [0.15, 0.2) is 4.60 Å². The number of aliphatic hydroxyl groups excluding tert-OH is 1. The summed E-state index contributed by atoms with van der Waals surface area (Å²) < 4.78 is 2.28. The number of hydrogen-bond acceptors (Lipinski definition) is 3. The highest BCUT2D eigenvalue weighted by Gasteiger charge is 2.16. The van der Waals surface area contributed by atoms with E-state index in [0.717, 1.165) is 18.5 Å². The van der Waals surface area contributed by atoms with Gasteiger partial charge in [-0.15, -0.1) is 5.10 Å². The number of nitrogens with zero attached hydrogens (tertiary/aromatic N) is 3. The maximum absolute atomic E-state index is 10.0. The maximum atomic E-state index is 10.0. The van der Waals surface area contributed by atoms with Gasteiger partial charge in [-0.2, -0.15) is 0 Å². The van der Waals surface area contributed by atoms with E-state index in [1.807, 2.05) is 0 Å². The molecule has 0 amide bonds. The van der Waals surface area contributed by atoms with Crippen LogP contribution >= 0.6 is 15.9 Å². The third-order valence-electron chi connectivity index (χ3n) is 2.97. The minimum absolute atomic E-state index is 0.462. The molecule has 1 rings (SSSR count). The van der Waals surface area contributed by atoms with Crippen molar-refractivity contribution in [3.8, 4) is 0 Å². The summed E-state index contributed by atoms with van der Waals surface area (Å²) in [5.74, 6) is 0. The Hall–Kier alpha value is -0.420. The molecular formula is C12H22BrN3O. The molecule has 0 saturated carbocycles. The number of aromatic nitrogens is 3. The number of hydrogen-bond donors (Lipinski definition) is 1. The van der Waals surface area contributed by atoms with Crippen molar-refractivity contribution >= 4 is 15.9 Å². The minimum Gasteiger partial charge on any atom is -0.387 e. The molecule has 1 aromatic heterocycles. The molecule has 1 unspecified atom stereocenters. The molecule has 1 heterocycles. The van der Waals surface area contributed by atoms with Crippen molar-refractivity contribution in [1.82, 2.24) is 15.0 Å². The Balaban J connectivity index is 2.23. The van der Waals surface area contributed by atoms with E-state index in [1.54, 1.807) is 11.7 Å². The molecule has 1 atom stereocenters. The normalized spacial score (nSPS) is 12.9. The van der Waals surface area contributed by atoms with Gasteiger partial charge >= 0.3 is 0 Å². The van der Waals surface area contributed by atoms with Crippen LogP contribution in [0.25, 0.3) is 0 Å². The molecule has 5 heteroatoms. The van der Waals surface area contributed by atoms with E-state index >= 15 is 0 Å². The highest BCUT2D eigenvalue weighted by molar-refractivity contribution is 9.10. The third-order valence-corrected chi connectivity index (χ3v) is 3.54. The highest BCUT2D eigenvalue weighted by Crippen LogP contribution is 2.24. The minimum atomic E-state index is -0.462. The summed E-state index contributed by atoms with van der Waals surface area (Å²) in [5.41, 5.74) is 0.776. The summed E-state index contributed by atoms with van der Waals surface area (Å²) in [5, 5.41) is 17.8. The van der Waals surface area contributed by atoms with E-state index in [0.29, 0.717) is 4.60 Å².